The molecule has 0 spiro atoms. The van der Waals surface area contributed by atoms with Crippen molar-refractivity contribution in [2.75, 3.05) is 18.0 Å². The van der Waals surface area contributed by atoms with Crippen LogP contribution >= 0.6 is 0 Å². The van der Waals surface area contributed by atoms with E-state index in [4.69, 9.17) is 15.8 Å². The molecule has 0 atom stereocenters. The number of halogens is 3. The van der Waals surface area contributed by atoms with Gasteiger partial charge in [-0.1, -0.05) is 0 Å². The van der Waals surface area contributed by atoms with Crippen LogP contribution in [0.4, 0.5) is 19.0 Å². The van der Waals surface area contributed by atoms with Gasteiger partial charge in [-0.05, 0) is 12.1 Å². The second-order valence-electron chi connectivity index (χ2n) is 3.35. The van der Waals surface area contributed by atoms with Crippen molar-refractivity contribution in [3.63, 3.8) is 0 Å². The molecule has 0 radical (unpaired) electrons. The summed E-state index contributed by atoms with van der Waals surface area (Å²) < 4.78 is 37.6. The molecule has 5 nitrogen and oxygen atoms in total. The van der Waals surface area contributed by atoms with Gasteiger partial charge in [-0.3, -0.25) is 0 Å². The number of hydrogen-bond donors (Lipinski definition) is 0. The topological polar surface area (TPSA) is 87.5 Å². The van der Waals surface area contributed by atoms with Crippen molar-refractivity contribution >= 4 is 5.82 Å². The highest BCUT2D eigenvalue weighted by Gasteiger charge is 2.33. The van der Waals surface area contributed by atoms with Crippen molar-refractivity contribution in [2.45, 2.75) is 6.18 Å². The van der Waals surface area contributed by atoms with Crippen LogP contribution < -0.4 is 4.90 Å². The van der Waals surface area contributed by atoms with E-state index in [1.807, 2.05) is 0 Å². The Morgan fingerprint density at radius 1 is 1.11 bits per heavy atom. The van der Waals surface area contributed by atoms with Crippen LogP contribution in [0.15, 0.2) is 12.1 Å². The summed E-state index contributed by atoms with van der Waals surface area (Å²) in [6.45, 7) is -0.674. The fourth-order valence-corrected chi connectivity index (χ4v) is 1.31. The number of nitriles is 3. The number of nitrogens with zero attached hydrogens (tertiary/aromatic N) is 5. The third kappa shape index (κ3) is 3.34. The maximum absolute atomic E-state index is 12.5. The Labute approximate surface area is 106 Å². The molecule has 0 aliphatic rings. The van der Waals surface area contributed by atoms with Gasteiger partial charge in [-0.25, -0.2) is 4.98 Å². The lowest BCUT2D eigenvalue weighted by atomic mass is 10.2. The Hall–Kier alpha value is -2.79. The summed E-state index contributed by atoms with van der Waals surface area (Å²) in [7, 11) is 0. The highest BCUT2D eigenvalue weighted by molar-refractivity contribution is 5.55. The maximum Gasteiger partial charge on any atom is 0.433 e. The first-order valence-corrected chi connectivity index (χ1v) is 4.91. The molecule has 0 amide bonds. The monoisotopic (exact) mass is 265 g/mol. The standard InChI is InChI=1S/C11H6F3N5/c12-11(13,14)9-2-1-8(7-17)10(18-9)19(5-3-15)6-4-16/h1-2H,5-6H2. The summed E-state index contributed by atoms with van der Waals surface area (Å²) in [6, 6.07) is 6.74. The Kier molecular flexibility index (Phi) is 4.28. The van der Waals surface area contributed by atoms with E-state index >= 15 is 0 Å². The molecule has 19 heavy (non-hydrogen) atoms. The Bertz CT molecular complexity index is 572. The van der Waals surface area contributed by atoms with Crippen LogP contribution in [-0.4, -0.2) is 18.1 Å². The molecule has 1 rings (SSSR count). The highest BCUT2D eigenvalue weighted by Crippen LogP contribution is 2.30. The van der Waals surface area contributed by atoms with Crippen LogP contribution in [0.25, 0.3) is 0 Å². The summed E-state index contributed by atoms with van der Waals surface area (Å²) in [5.41, 5.74) is -1.30. The molecule has 0 saturated heterocycles. The van der Waals surface area contributed by atoms with Crippen LogP contribution in [0.5, 0.6) is 0 Å². The lowest BCUT2D eigenvalue weighted by Gasteiger charge is -2.19. The molecule has 1 heterocycles. The minimum Gasteiger partial charge on any atom is -0.329 e. The molecule has 0 aliphatic carbocycles. The van der Waals surface area contributed by atoms with Crippen LogP contribution in [0, 0.1) is 34.0 Å². The van der Waals surface area contributed by atoms with Gasteiger partial charge in [0.25, 0.3) is 0 Å². The molecule has 0 saturated carbocycles. The molecule has 96 valence electrons. The average Bonchev–Trinajstić information content (AvgIpc) is 2.36. The number of aromatic nitrogens is 1. The fourth-order valence-electron chi connectivity index (χ4n) is 1.31. The molecule has 1 aromatic heterocycles. The number of hydrogen-bond acceptors (Lipinski definition) is 5. The smallest absolute Gasteiger partial charge is 0.329 e. The first-order valence-electron chi connectivity index (χ1n) is 4.91. The first-order chi connectivity index (χ1) is 8.93. The van der Waals surface area contributed by atoms with E-state index in [0.717, 1.165) is 11.0 Å². The van der Waals surface area contributed by atoms with Crippen LogP contribution in [0.1, 0.15) is 11.3 Å². The molecule has 1 aromatic rings. The predicted molar refractivity (Wildman–Crippen MR) is 57.4 cm³/mol. The number of alkyl halides is 3. The Morgan fingerprint density at radius 3 is 2.11 bits per heavy atom. The number of anilines is 1. The molecule has 0 fully saturated rings. The van der Waals surface area contributed by atoms with E-state index < -0.39 is 11.9 Å². The zero-order valence-electron chi connectivity index (χ0n) is 9.44. The quantitative estimate of drug-likeness (QED) is 0.778. The third-order valence-electron chi connectivity index (χ3n) is 2.11. The van der Waals surface area contributed by atoms with Crippen molar-refractivity contribution < 1.29 is 13.2 Å². The lowest BCUT2D eigenvalue weighted by Crippen LogP contribution is -2.26. The van der Waals surface area contributed by atoms with Gasteiger partial charge in [0, 0.05) is 0 Å². The molecular formula is C11H6F3N5. The summed E-state index contributed by atoms with van der Waals surface area (Å²) in [4.78, 5) is 4.34. The Morgan fingerprint density at radius 2 is 1.68 bits per heavy atom. The maximum atomic E-state index is 12.5. The lowest BCUT2D eigenvalue weighted by molar-refractivity contribution is -0.141. The van der Waals surface area contributed by atoms with Gasteiger partial charge in [-0.15, -0.1) is 0 Å². The van der Waals surface area contributed by atoms with Gasteiger partial charge in [0.2, 0.25) is 0 Å². The molecule has 0 bridgehead atoms. The van der Waals surface area contributed by atoms with Gasteiger partial charge in [0.1, 0.15) is 30.7 Å². The van der Waals surface area contributed by atoms with Crippen LogP contribution in [0.3, 0.4) is 0 Å². The molecule has 0 N–H and O–H groups in total. The average molecular weight is 265 g/mol. The summed E-state index contributed by atoms with van der Waals surface area (Å²) >= 11 is 0. The van der Waals surface area contributed by atoms with E-state index in [2.05, 4.69) is 4.98 Å². The summed E-state index contributed by atoms with van der Waals surface area (Å²) in [5.74, 6) is -0.319. The predicted octanol–water partition coefficient (Wildman–Crippen LogP) is 1.83. The number of pyridine rings is 1. The van der Waals surface area contributed by atoms with Crippen molar-refractivity contribution in [3.8, 4) is 18.2 Å². The van der Waals surface area contributed by atoms with Crippen molar-refractivity contribution in [1.29, 1.82) is 15.8 Å². The van der Waals surface area contributed by atoms with Crippen LogP contribution in [0.2, 0.25) is 0 Å². The Balaban J connectivity index is 3.34. The van der Waals surface area contributed by atoms with E-state index in [1.54, 1.807) is 18.2 Å². The second kappa shape index (κ2) is 5.70. The van der Waals surface area contributed by atoms with E-state index in [0.29, 0.717) is 6.07 Å². The van der Waals surface area contributed by atoms with Gasteiger partial charge in [0.15, 0.2) is 0 Å². The van der Waals surface area contributed by atoms with E-state index in [1.165, 1.54) is 0 Å². The van der Waals surface area contributed by atoms with Crippen molar-refractivity contribution in [3.05, 3.63) is 23.4 Å². The number of rotatable bonds is 3. The zero-order valence-corrected chi connectivity index (χ0v) is 9.44. The molecular weight excluding hydrogens is 259 g/mol. The second-order valence-corrected chi connectivity index (χ2v) is 3.35. The van der Waals surface area contributed by atoms with Crippen LogP contribution in [-0.2, 0) is 6.18 Å². The zero-order chi connectivity index (χ0) is 14.5. The van der Waals surface area contributed by atoms with Gasteiger partial charge in [0.05, 0.1) is 17.7 Å². The van der Waals surface area contributed by atoms with Gasteiger partial charge >= 0.3 is 6.18 Å². The van der Waals surface area contributed by atoms with Crippen molar-refractivity contribution in [1.82, 2.24) is 4.98 Å². The fraction of sp³-hybridized carbons (Fsp3) is 0.273. The summed E-state index contributed by atoms with van der Waals surface area (Å²) in [6.07, 6.45) is -4.66. The minimum atomic E-state index is -4.66. The molecule has 0 aliphatic heterocycles. The van der Waals surface area contributed by atoms with E-state index in [-0.39, 0.29) is 24.5 Å². The third-order valence-corrected chi connectivity index (χ3v) is 2.11. The summed E-state index contributed by atoms with van der Waals surface area (Å²) in [5, 5.41) is 26.0. The van der Waals surface area contributed by atoms with Gasteiger partial charge < -0.3 is 4.90 Å². The van der Waals surface area contributed by atoms with E-state index in [9.17, 15) is 13.2 Å². The highest BCUT2D eigenvalue weighted by atomic mass is 19.4. The first kappa shape index (κ1) is 14.3. The normalized spacial score (nSPS) is 10.1. The van der Waals surface area contributed by atoms with Gasteiger partial charge in [-0.2, -0.15) is 29.0 Å². The molecule has 0 aromatic carbocycles. The SMILES string of the molecule is N#CCN(CC#N)c1nc(C(F)(F)F)ccc1C#N. The minimum absolute atomic E-state index is 0.126. The van der Waals surface area contributed by atoms with Crippen molar-refractivity contribution in [2.24, 2.45) is 0 Å². The molecule has 0 unspecified atom stereocenters. The molecule has 8 heteroatoms. The largest absolute Gasteiger partial charge is 0.433 e.